The average molecular weight is 357 g/mol. The number of hydrogen-bond acceptors (Lipinski definition) is 2. The second-order valence-electron chi connectivity index (χ2n) is 6.86. The highest BCUT2D eigenvalue weighted by molar-refractivity contribution is 5.20. The van der Waals surface area contributed by atoms with Gasteiger partial charge in [-0.3, -0.25) is 4.90 Å². The van der Waals surface area contributed by atoms with Crippen molar-refractivity contribution in [2.75, 3.05) is 0 Å². The maximum absolute atomic E-state index is 10.7. The monoisotopic (exact) mass is 357 g/mol. The van der Waals surface area contributed by atoms with Crippen molar-refractivity contribution < 1.29 is 5.11 Å². The average Bonchev–Trinajstić information content (AvgIpc) is 2.73. The van der Waals surface area contributed by atoms with E-state index in [1.165, 1.54) is 16.7 Å². The van der Waals surface area contributed by atoms with Gasteiger partial charge < -0.3 is 5.11 Å². The molecule has 3 aromatic rings. The first-order valence-electron chi connectivity index (χ1n) is 9.42. The Morgan fingerprint density at radius 3 is 1.52 bits per heavy atom. The molecule has 138 valence electrons. The van der Waals surface area contributed by atoms with Crippen LogP contribution in [0.5, 0.6) is 0 Å². The Morgan fingerprint density at radius 1 is 0.704 bits per heavy atom. The zero-order valence-electron chi connectivity index (χ0n) is 15.6. The van der Waals surface area contributed by atoms with Gasteiger partial charge in [-0.25, -0.2) is 0 Å². The molecule has 2 heteroatoms. The lowest BCUT2D eigenvalue weighted by Gasteiger charge is -2.34. The molecule has 2 atom stereocenters. The summed E-state index contributed by atoms with van der Waals surface area (Å²) in [7, 11) is 0. The third-order valence-corrected chi connectivity index (χ3v) is 4.85. The number of aliphatic hydroxyl groups is 1. The van der Waals surface area contributed by atoms with E-state index in [4.69, 9.17) is 0 Å². The van der Waals surface area contributed by atoms with Gasteiger partial charge in [-0.15, -0.1) is 6.58 Å². The van der Waals surface area contributed by atoms with Crippen molar-refractivity contribution in [3.63, 3.8) is 0 Å². The van der Waals surface area contributed by atoms with E-state index in [1.807, 2.05) is 30.3 Å². The Balaban J connectivity index is 1.89. The lowest BCUT2D eigenvalue weighted by molar-refractivity contribution is 0.0673. The van der Waals surface area contributed by atoms with Gasteiger partial charge in [-0.05, 0) is 23.1 Å². The van der Waals surface area contributed by atoms with Gasteiger partial charge in [0.1, 0.15) is 0 Å². The molecule has 0 unspecified atom stereocenters. The van der Waals surface area contributed by atoms with Crippen LogP contribution in [0.1, 0.15) is 16.7 Å². The van der Waals surface area contributed by atoms with Crippen LogP contribution in [-0.4, -0.2) is 22.2 Å². The van der Waals surface area contributed by atoms with Gasteiger partial charge in [0.2, 0.25) is 0 Å². The summed E-state index contributed by atoms with van der Waals surface area (Å²) in [6, 6.07) is 31.2. The van der Waals surface area contributed by atoms with Crippen LogP contribution in [0.3, 0.4) is 0 Å². The Bertz CT molecular complexity index is 760. The molecule has 0 bridgehead atoms. The van der Waals surface area contributed by atoms with Gasteiger partial charge >= 0.3 is 0 Å². The topological polar surface area (TPSA) is 23.5 Å². The molecule has 0 aliphatic rings. The largest absolute Gasteiger partial charge is 0.387 e. The molecular formula is C25H27NO. The molecule has 3 aromatic carbocycles. The van der Waals surface area contributed by atoms with Gasteiger partial charge in [0.25, 0.3) is 0 Å². The van der Waals surface area contributed by atoms with Gasteiger partial charge in [-0.1, -0.05) is 97.1 Å². The van der Waals surface area contributed by atoms with Crippen LogP contribution in [0, 0.1) is 0 Å². The van der Waals surface area contributed by atoms with Crippen molar-refractivity contribution in [3.05, 3.63) is 120 Å². The Kier molecular flexibility index (Phi) is 6.97. The first-order chi connectivity index (χ1) is 13.3. The molecule has 0 aliphatic heterocycles. The van der Waals surface area contributed by atoms with Gasteiger partial charge in [-0.2, -0.15) is 0 Å². The summed E-state index contributed by atoms with van der Waals surface area (Å²) < 4.78 is 0. The zero-order chi connectivity index (χ0) is 18.9. The summed E-state index contributed by atoms with van der Waals surface area (Å²) in [5.41, 5.74) is 3.69. The van der Waals surface area contributed by atoms with Gasteiger partial charge in [0.15, 0.2) is 0 Å². The Morgan fingerprint density at radius 2 is 1.11 bits per heavy atom. The van der Waals surface area contributed by atoms with Crippen LogP contribution < -0.4 is 0 Å². The number of hydrogen-bond donors (Lipinski definition) is 1. The van der Waals surface area contributed by atoms with Crippen LogP contribution in [0.2, 0.25) is 0 Å². The molecule has 0 amide bonds. The smallest absolute Gasteiger partial charge is 0.0877 e. The predicted octanol–water partition coefficient (Wildman–Crippen LogP) is 4.85. The highest BCUT2D eigenvalue weighted by Gasteiger charge is 2.25. The third-order valence-electron chi connectivity index (χ3n) is 4.85. The second kappa shape index (κ2) is 9.86. The first-order valence-corrected chi connectivity index (χ1v) is 9.42. The number of benzene rings is 3. The molecule has 0 fully saturated rings. The van der Waals surface area contributed by atoms with Crippen molar-refractivity contribution in [1.29, 1.82) is 0 Å². The molecule has 0 aliphatic carbocycles. The van der Waals surface area contributed by atoms with E-state index in [-0.39, 0.29) is 6.04 Å². The minimum Gasteiger partial charge on any atom is -0.387 e. The standard InChI is InChI=1S/C25H27NO/c1-2-25(27)24(18-21-12-6-3-7-13-21)26(19-22-14-8-4-9-15-22)20-23-16-10-5-11-17-23/h2-17,24-25,27H,1,18-20H2/t24-,25+/m0/s1. The van der Waals surface area contributed by atoms with E-state index in [2.05, 4.69) is 72.1 Å². The van der Waals surface area contributed by atoms with Crippen LogP contribution in [0.4, 0.5) is 0 Å². The van der Waals surface area contributed by atoms with Crippen LogP contribution in [-0.2, 0) is 19.5 Å². The molecule has 2 nitrogen and oxygen atoms in total. The highest BCUT2D eigenvalue weighted by Crippen LogP contribution is 2.20. The quantitative estimate of drug-likeness (QED) is 0.554. The van der Waals surface area contributed by atoms with E-state index in [1.54, 1.807) is 6.08 Å². The second-order valence-corrected chi connectivity index (χ2v) is 6.86. The zero-order valence-corrected chi connectivity index (χ0v) is 15.6. The lowest BCUT2D eigenvalue weighted by atomic mass is 9.98. The number of rotatable bonds is 9. The molecule has 27 heavy (non-hydrogen) atoms. The normalized spacial score (nSPS) is 13.3. The minimum absolute atomic E-state index is 0.0506. The molecule has 0 spiro atoms. The van der Waals surface area contributed by atoms with Crippen LogP contribution >= 0.6 is 0 Å². The molecule has 0 aromatic heterocycles. The van der Waals surface area contributed by atoms with E-state index < -0.39 is 6.10 Å². The van der Waals surface area contributed by atoms with Crippen molar-refractivity contribution in [3.8, 4) is 0 Å². The fourth-order valence-electron chi connectivity index (χ4n) is 3.40. The summed E-state index contributed by atoms with van der Waals surface area (Å²) in [4.78, 5) is 2.35. The molecule has 0 saturated heterocycles. The molecule has 1 N–H and O–H groups in total. The summed E-state index contributed by atoms with van der Waals surface area (Å²) in [6.45, 7) is 5.39. The van der Waals surface area contributed by atoms with Crippen molar-refractivity contribution in [2.45, 2.75) is 31.7 Å². The van der Waals surface area contributed by atoms with Crippen LogP contribution in [0.15, 0.2) is 104 Å². The Hall–Kier alpha value is -2.68. The SMILES string of the molecule is C=C[C@@H](O)[C@H](Cc1ccccc1)N(Cc1ccccc1)Cc1ccccc1. The van der Waals surface area contributed by atoms with Gasteiger partial charge in [0.05, 0.1) is 6.10 Å². The molecule has 0 heterocycles. The summed E-state index contributed by atoms with van der Waals surface area (Å²) in [6.07, 6.45) is 1.82. The maximum atomic E-state index is 10.7. The molecule has 3 rings (SSSR count). The summed E-state index contributed by atoms with van der Waals surface area (Å²) >= 11 is 0. The van der Waals surface area contributed by atoms with E-state index in [9.17, 15) is 5.11 Å². The van der Waals surface area contributed by atoms with Crippen molar-refractivity contribution in [1.82, 2.24) is 4.90 Å². The minimum atomic E-state index is -0.599. The number of nitrogens with zero attached hydrogens (tertiary/aromatic N) is 1. The fraction of sp³-hybridized carbons (Fsp3) is 0.200. The van der Waals surface area contributed by atoms with E-state index in [0.29, 0.717) is 0 Å². The molecular weight excluding hydrogens is 330 g/mol. The predicted molar refractivity (Wildman–Crippen MR) is 112 cm³/mol. The summed E-state index contributed by atoms with van der Waals surface area (Å²) in [5, 5.41) is 10.7. The highest BCUT2D eigenvalue weighted by atomic mass is 16.3. The summed E-state index contributed by atoms with van der Waals surface area (Å²) in [5.74, 6) is 0. The number of aliphatic hydroxyl groups excluding tert-OH is 1. The maximum Gasteiger partial charge on any atom is 0.0877 e. The van der Waals surface area contributed by atoms with E-state index >= 15 is 0 Å². The van der Waals surface area contributed by atoms with Crippen molar-refractivity contribution >= 4 is 0 Å². The van der Waals surface area contributed by atoms with Gasteiger partial charge in [0, 0.05) is 19.1 Å². The van der Waals surface area contributed by atoms with Crippen LogP contribution in [0.25, 0.3) is 0 Å². The molecule has 0 saturated carbocycles. The van der Waals surface area contributed by atoms with E-state index in [0.717, 1.165) is 19.5 Å². The third kappa shape index (κ3) is 5.65. The fourth-order valence-corrected chi connectivity index (χ4v) is 3.40. The Labute approximate surface area is 162 Å². The first kappa shape index (κ1) is 19.1. The lowest BCUT2D eigenvalue weighted by Crippen LogP contribution is -2.43. The van der Waals surface area contributed by atoms with Crippen molar-refractivity contribution in [2.24, 2.45) is 0 Å². The molecule has 0 radical (unpaired) electrons.